The second-order valence-corrected chi connectivity index (χ2v) is 4.65. The Balaban J connectivity index is 2.14. The van der Waals surface area contributed by atoms with Gasteiger partial charge in [0.2, 0.25) is 0 Å². The number of carbonyl (C=O) groups excluding carboxylic acids is 1. The first-order valence-electron chi connectivity index (χ1n) is 6.62. The van der Waals surface area contributed by atoms with Crippen LogP contribution in [0.5, 0.6) is 5.75 Å². The van der Waals surface area contributed by atoms with E-state index >= 15 is 0 Å². The molecule has 2 atom stereocenters. The van der Waals surface area contributed by atoms with Gasteiger partial charge in [-0.3, -0.25) is 4.79 Å². The summed E-state index contributed by atoms with van der Waals surface area (Å²) in [5.74, 6) is 0.622. The number of carbonyl (C=O) groups is 1. The standard InChI is InChI=1S/C17H18O4/c1-20-16-4-3-5-17(21-2)14(16)10-11-15(19)12-6-8-13(18)9-7-12/h3-11,14,16,18H,1-2H3. The Bertz CT molecular complexity index is 581. The molecular weight excluding hydrogens is 268 g/mol. The van der Waals surface area contributed by atoms with Gasteiger partial charge in [0.05, 0.1) is 19.1 Å². The van der Waals surface area contributed by atoms with E-state index in [1.54, 1.807) is 32.4 Å². The van der Waals surface area contributed by atoms with Crippen LogP contribution < -0.4 is 0 Å². The van der Waals surface area contributed by atoms with E-state index < -0.39 is 0 Å². The van der Waals surface area contributed by atoms with E-state index in [0.717, 1.165) is 5.76 Å². The molecule has 0 saturated heterocycles. The fourth-order valence-electron chi connectivity index (χ4n) is 2.20. The zero-order valence-corrected chi connectivity index (χ0v) is 12.0. The number of hydrogen-bond donors (Lipinski definition) is 1. The van der Waals surface area contributed by atoms with Crippen molar-refractivity contribution in [3.8, 4) is 5.75 Å². The molecular formula is C17H18O4. The molecule has 4 heteroatoms. The molecule has 1 aromatic rings. The summed E-state index contributed by atoms with van der Waals surface area (Å²) in [5.41, 5.74) is 0.521. The van der Waals surface area contributed by atoms with E-state index in [1.165, 1.54) is 18.2 Å². The smallest absolute Gasteiger partial charge is 0.185 e. The molecule has 0 aliphatic heterocycles. The summed E-state index contributed by atoms with van der Waals surface area (Å²) < 4.78 is 10.7. The highest BCUT2D eigenvalue weighted by molar-refractivity contribution is 6.04. The summed E-state index contributed by atoms with van der Waals surface area (Å²) in [5, 5.41) is 9.23. The molecule has 4 nitrogen and oxygen atoms in total. The molecule has 0 bridgehead atoms. The minimum atomic E-state index is -0.159. The molecule has 0 fully saturated rings. The van der Waals surface area contributed by atoms with Crippen LogP contribution in [0.4, 0.5) is 0 Å². The number of benzene rings is 1. The molecule has 1 aliphatic carbocycles. The molecule has 2 rings (SSSR count). The van der Waals surface area contributed by atoms with E-state index in [2.05, 4.69) is 0 Å². The van der Waals surface area contributed by atoms with Gasteiger partial charge < -0.3 is 14.6 Å². The van der Waals surface area contributed by atoms with Crippen LogP contribution in [-0.4, -0.2) is 31.2 Å². The van der Waals surface area contributed by atoms with Gasteiger partial charge >= 0.3 is 0 Å². The number of methoxy groups -OCH3 is 2. The average Bonchev–Trinajstić information content (AvgIpc) is 2.52. The quantitative estimate of drug-likeness (QED) is 0.668. The van der Waals surface area contributed by atoms with Crippen LogP contribution in [0.25, 0.3) is 0 Å². The Hall–Kier alpha value is -2.33. The number of phenols is 1. The van der Waals surface area contributed by atoms with Gasteiger partial charge in [0.25, 0.3) is 0 Å². The molecule has 0 saturated carbocycles. The normalized spacial score (nSPS) is 21.3. The highest BCUT2D eigenvalue weighted by atomic mass is 16.5. The third kappa shape index (κ3) is 3.61. The lowest BCUT2D eigenvalue weighted by atomic mass is 9.94. The maximum atomic E-state index is 12.1. The summed E-state index contributed by atoms with van der Waals surface area (Å²) in [6.07, 6.45) is 8.78. The summed E-state index contributed by atoms with van der Waals surface area (Å²) in [7, 11) is 3.22. The van der Waals surface area contributed by atoms with E-state index in [0.29, 0.717) is 5.56 Å². The molecule has 0 amide bonds. The first-order valence-corrected chi connectivity index (χ1v) is 6.62. The van der Waals surface area contributed by atoms with Gasteiger partial charge in [-0.25, -0.2) is 0 Å². The van der Waals surface area contributed by atoms with Crippen LogP contribution in [-0.2, 0) is 9.47 Å². The molecule has 0 radical (unpaired) electrons. The van der Waals surface area contributed by atoms with E-state index in [9.17, 15) is 9.90 Å². The second-order valence-electron chi connectivity index (χ2n) is 4.65. The summed E-state index contributed by atoms with van der Waals surface area (Å²) >= 11 is 0. The minimum Gasteiger partial charge on any atom is -0.508 e. The first kappa shape index (κ1) is 15.1. The van der Waals surface area contributed by atoms with E-state index in [1.807, 2.05) is 18.2 Å². The minimum absolute atomic E-state index is 0.130. The Morgan fingerprint density at radius 1 is 1.24 bits per heavy atom. The van der Waals surface area contributed by atoms with Crippen LogP contribution in [0.1, 0.15) is 10.4 Å². The molecule has 2 unspecified atom stereocenters. The SMILES string of the molecule is COC1=CC=CC(OC)C1C=CC(=O)c1ccc(O)cc1. The lowest BCUT2D eigenvalue weighted by molar-refractivity contribution is 0.0919. The van der Waals surface area contributed by atoms with Crippen molar-refractivity contribution in [1.82, 2.24) is 0 Å². The highest BCUT2D eigenvalue weighted by Gasteiger charge is 2.23. The predicted octanol–water partition coefficient (Wildman–Crippen LogP) is 2.86. The molecule has 0 heterocycles. The van der Waals surface area contributed by atoms with E-state index in [-0.39, 0.29) is 23.6 Å². The molecule has 1 N–H and O–H groups in total. The molecule has 21 heavy (non-hydrogen) atoms. The highest BCUT2D eigenvalue weighted by Crippen LogP contribution is 2.25. The molecule has 1 aromatic carbocycles. The van der Waals surface area contributed by atoms with Gasteiger partial charge in [-0.15, -0.1) is 0 Å². The van der Waals surface area contributed by atoms with Gasteiger partial charge in [-0.05, 0) is 36.4 Å². The molecule has 1 aliphatic rings. The van der Waals surface area contributed by atoms with Crippen molar-refractivity contribution >= 4 is 5.78 Å². The van der Waals surface area contributed by atoms with Crippen molar-refractivity contribution in [3.63, 3.8) is 0 Å². The number of aromatic hydroxyl groups is 1. The summed E-state index contributed by atoms with van der Waals surface area (Å²) in [6, 6.07) is 6.15. The lowest BCUT2D eigenvalue weighted by Crippen LogP contribution is -2.24. The monoisotopic (exact) mass is 286 g/mol. The topological polar surface area (TPSA) is 55.8 Å². The van der Waals surface area contributed by atoms with E-state index in [4.69, 9.17) is 9.47 Å². The predicted molar refractivity (Wildman–Crippen MR) is 80.1 cm³/mol. The van der Waals surface area contributed by atoms with Crippen molar-refractivity contribution < 1.29 is 19.4 Å². The van der Waals surface area contributed by atoms with Crippen molar-refractivity contribution in [2.75, 3.05) is 14.2 Å². The summed E-state index contributed by atoms with van der Waals surface area (Å²) in [4.78, 5) is 12.1. The summed E-state index contributed by atoms with van der Waals surface area (Å²) in [6.45, 7) is 0. The van der Waals surface area contributed by atoms with Crippen molar-refractivity contribution in [2.24, 2.45) is 5.92 Å². The molecule has 110 valence electrons. The Morgan fingerprint density at radius 3 is 2.57 bits per heavy atom. The first-order chi connectivity index (χ1) is 10.2. The average molecular weight is 286 g/mol. The van der Waals surface area contributed by atoms with Crippen LogP contribution in [0.3, 0.4) is 0 Å². The largest absolute Gasteiger partial charge is 0.508 e. The lowest BCUT2D eigenvalue weighted by Gasteiger charge is -2.24. The number of allylic oxidation sites excluding steroid dienone is 3. The Kier molecular flexibility index (Phi) is 4.95. The fourth-order valence-corrected chi connectivity index (χ4v) is 2.20. The number of hydrogen-bond acceptors (Lipinski definition) is 4. The second kappa shape index (κ2) is 6.90. The number of ether oxygens (including phenoxy) is 2. The van der Waals surface area contributed by atoms with Crippen LogP contribution in [0.15, 0.2) is 60.4 Å². The van der Waals surface area contributed by atoms with Gasteiger partial charge in [0.15, 0.2) is 5.78 Å². The van der Waals surface area contributed by atoms with Crippen LogP contribution in [0.2, 0.25) is 0 Å². The molecule has 0 aromatic heterocycles. The number of rotatable bonds is 5. The van der Waals surface area contributed by atoms with Gasteiger partial charge in [-0.2, -0.15) is 0 Å². The fraction of sp³-hybridized carbons (Fsp3) is 0.235. The van der Waals surface area contributed by atoms with Crippen molar-refractivity contribution in [3.05, 3.63) is 66.0 Å². The molecule has 0 spiro atoms. The van der Waals surface area contributed by atoms with Crippen molar-refractivity contribution in [2.45, 2.75) is 6.10 Å². The Morgan fingerprint density at radius 2 is 1.95 bits per heavy atom. The Labute approximate surface area is 124 Å². The van der Waals surface area contributed by atoms with Gasteiger partial charge in [0.1, 0.15) is 11.5 Å². The van der Waals surface area contributed by atoms with Crippen LogP contribution in [0, 0.1) is 5.92 Å². The van der Waals surface area contributed by atoms with Gasteiger partial charge in [-0.1, -0.05) is 18.2 Å². The van der Waals surface area contributed by atoms with Crippen molar-refractivity contribution in [1.29, 1.82) is 0 Å². The maximum Gasteiger partial charge on any atom is 0.185 e. The van der Waals surface area contributed by atoms with Gasteiger partial charge in [0, 0.05) is 12.7 Å². The maximum absolute atomic E-state index is 12.1. The van der Waals surface area contributed by atoms with Crippen LogP contribution >= 0.6 is 0 Å². The third-order valence-corrected chi connectivity index (χ3v) is 3.36. The number of phenolic OH excluding ortho intramolecular Hbond substituents is 1. The zero-order chi connectivity index (χ0) is 15.2. The zero-order valence-electron chi connectivity index (χ0n) is 12.0. The third-order valence-electron chi connectivity index (χ3n) is 3.36. The number of ketones is 1.